The highest BCUT2D eigenvalue weighted by atomic mass is 16.2. The molecule has 98 valence electrons. The molecule has 5 nitrogen and oxygen atoms in total. The van der Waals surface area contributed by atoms with Gasteiger partial charge in [0.05, 0.1) is 13.6 Å². The van der Waals surface area contributed by atoms with Gasteiger partial charge in [0.15, 0.2) is 0 Å². The molecule has 0 radical (unpaired) electrons. The maximum atomic E-state index is 12.3. The molecular formula is C13H20N3O2+. The van der Waals surface area contributed by atoms with Crippen molar-refractivity contribution in [3.05, 3.63) is 17.2 Å². The van der Waals surface area contributed by atoms with E-state index in [2.05, 4.69) is 5.87 Å². The van der Waals surface area contributed by atoms with Gasteiger partial charge in [0.2, 0.25) is 0 Å². The van der Waals surface area contributed by atoms with Gasteiger partial charge in [-0.1, -0.05) is 0 Å². The monoisotopic (exact) mass is 250 g/mol. The number of carbonyl (C=O) groups is 2. The molecule has 0 aromatic heterocycles. The average molecular weight is 250 g/mol. The Morgan fingerprint density at radius 2 is 2.00 bits per heavy atom. The minimum atomic E-state index is -0.325. The second-order valence-electron chi connectivity index (χ2n) is 5.04. The van der Waals surface area contributed by atoms with Gasteiger partial charge in [-0.15, -0.1) is 0 Å². The van der Waals surface area contributed by atoms with Crippen LogP contribution in [-0.2, 0) is 9.59 Å². The van der Waals surface area contributed by atoms with Gasteiger partial charge in [0, 0.05) is 19.0 Å². The largest absolute Gasteiger partial charge is 0.363 e. The van der Waals surface area contributed by atoms with Gasteiger partial charge < -0.3 is 4.90 Å². The van der Waals surface area contributed by atoms with Crippen molar-refractivity contribution in [2.75, 3.05) is 34.2 Å². The van der Waals surface area contributed by atoms with Gasteiger partial charge in [-0.05, 0) is 32.5 Å². The Labute approximate surface area is 107 Å². The molecule has 2 amide bonds. The molecule has 1 N–H and O–H groups in total. The van der Waals surface area contributed by atoms with Crippen LogP contribution < -0.4 is 0 Å². The van der Waals surface area contributed by atoms with E-state index in [9.17, 15) is 9.59 Å². The van der Waals surface area contributed by atoms with Crippen molar-refractivity contribution in [2.24, 2.45) is 0 Å². The number of hydrogen-bond donors (Lipinski definition) is 1. The zero-order valence-corrected chi connectivity index (χ0v) is 11.4. The summed E-state index contributed by atoms with van der Waals surface area (Å²) in [6.07, 6.45) is 2.19. The van der Waals surface area contributed by atoms with Crippen LogP contribution in [0.4, 0.5) is 0 Å². The molecule has 1 rings (SSSR count). The highest BCUT2D eigenvalue weighted by Crippen LogP contribution is 2.23. The number of nitrogens with one attached hydrogen (secondary N) is 1. The van der Waals surface area contributed by atoms with E-state index in [-0.39, 0.29) is 21.9 Å². The van der Waals surface area contributed by atoms with Crippen LogP contribution in [0.25, 0.3) is 0 Å². The Morgan fingerprint density at radius 3 is 2.50 bits per heavy atom. The van der Waals surface area contributed by atoms with Crippen molar-refractivity contribution in [2.45, 2.75) is 13.3 Å². The number of amides is 2. The molecule has 1 atom stereocenters. The first kappa shape index (κ1) is 14.5. The quantitative estimate of drug-likeness (QED) is 0.343. The molecule has 5 heteroatoms. The summed E-state index contributed by atoms with van der Waals surface area (Å²) < 4.78 is -0.285. The number of hydrogen-bond acceptors (Lipinski definition) is 4. The molecule has 1 aliphatic rings. The third-order valence-corrected chi connectivity index (χ3v) is 3.22. The van der Waals surface area contributed by atoms with E-state index in [0.717, 1.165) is 13.0 Å². The van der Waals surface area contributed by atoms with Gasteiger partial charge >= 0.3 is 11.8 Å². The van der Waals surface area contributed by atoms with Crippen LogP contribution in [0.5, 0.6) is 0 Å². The van der Waals surface area contributed by atoms with Gasteiger partial charge in [-0.3, -0.25) is 5.41 Å². The zero-order valence-electron chi connectivity index (χ0n) is 11.4. The van der Waals surface area contributed by atoms with Crippen LogP contribution in [0.3, 0.4) is 0 Å². The lowest BCUT2D eigenvalue weighted by Gasteiger charge is -2.31. The number of imide groups is 1. The summed E-state index contributed by atoms with van der Waals surface area (Å²) in [5.74, 6) is 1.61. The number of quaternary nitrogens is 1. The van der Waals surface area contributed by atoms with E-state index in [1.165, 1.54) is 6.08 Å². The smallest absolute Gasteiger partial charge is 0.309 e. The molecule has 0 aromatic rings. The van der Waals surface area contributed by atoms with Gasteiger partial charge in [-0.2, -0.15) is 4.48 Å². The molecule has 0 fully saturated rings. The Morgan fingerprint density at radius 1 is 1.39 bits per heavy atom. The van der Waals surface area contributed by atoms with Crippen molar-refractivity contribution in [1.82, 2.24) is 4.90 Å². The molecule has 0 aliphatic carbocycles. The van der Waals surface area contributed by atoms with E-state index < -0.39 is 0 Å². The van der Waals surface area contributed by atoms with Crippen molar-refractivity contribution in [1.29, 1.82) is 5.41 Å². The van der Waals surface area contributed by atoms with Gasteiger partial charge in [0.25, 0.3) is 0 Å². The zero-order chi connectivity index (χ0) is 13.9. The Hall–Kier alpha value is -1.55. The summed E-state index contributed by atoms with van der Waals surface area (Å²) in [6, 6.07) is 0. The summed E-state index contributed by atoms with van der Waals surface area (Å²) in [7, 11) is 5.51. The van der Waals surface area contributed by atoms with Crippen LogP contribution in [0.2, 0.25) is 0 Å². The van der Waals surface area contributed by atoms with Gasteiger partial charge in [0.1, 0.15) is 5.57 Å². The summed E-state index contributed by atoms with van der Waals surface area (Å²) in [5, 5.41) is 7.17. The highest BCUT2D eigenvalue weighted by Gasteiger charge is 2.44. The van der Waals surface area contributed by atoms with E-state index in [1.54, 1.807) is 14.0 Å². The van der Waals surface area contributed by atoms with E-state index in [1.807, 2.05) is 19.0 Å². The SMILES string of the molecule is CC1=CC(=O)[N+](C)(CCCN(C)C)C(=O)C1=C=N. The van der Waals surface area contributed by atoms with Crippen LogP contribution in [0.15, 0.2) is 17.2 Å². The number of rotatable bonds is 4. The molecule has 0 bridgehead atoms. The van der Waals surface area contributed by atoms with Crippen LogP contribution >= 0.6 is 0 Å². The molecular weight excluding hydrogens is 230 g/mol. The Kier molecular flexibility index (Phi) is 4.35. The lowest BCUT2D eigenvalue weighted by molar-refractivity contribution is -0.753. The predicted octanol–water partition coefficient (Wildman–Crippen LogP) is 0.573. The first-order chi connectivity index (χ1) is 8.32. The van der Waals surface area contributed by atoms with E-state index in [0.29, 0.717) is 12.1 Å². The van der Waals surface area contributed by atoms with Crippen LogP contribution in [0, 0.1) is 5.41 Å². The number of carbonyl (C=O) groups excluding carboxylic acids is 2. The summed E-state index contributed by atoms with van der Waals surface area (Å²) >= 11 is 0. The fourth-order valence-electron chi connectivity index (χ4n) is 1.98. The lowest BCUT2D eigenvalue weighted by Crippen LogP contribution is -2.56. The maximum Gasteiger partial charge on any atom is 0.363 e. The standard InChI is InChI=1S/C13H20N3O2/c1-10-8-12(17)16(4,7-5-6-15(2)3)13(18)11(10)9-14/h8,14H,5-7H2,1-4H3/q+1. The van der Waals surface area contributed by atoms with Gasteiger partial charge in [-0.25, -0.2) is 9.59 Å². The molecule has 0 saturated heterocycles. The van der Waals surface area contributed by atoms with Crippen molar-refractivity contribution < 1.29 is 14.1 Å². The van der Waals surface area contributed by atoms with E-state index in [4.69, 9.17) is 5.41 Å². The van der Waals surface area contributed by atoms with Crippen molar-refractivity contribution in [3.8, 4) is 0 Å². The Bertz CT molecular complexity index is 459. The first-order valence-corrected chi connectivity index (χ1v) is 5.91. The third kappa shape index (κ3) is 2.64. The number of likely N-dealkylation sites (N-methyl/N-ethyl adjacent to an activating group) is 1. The molecule has 1 heterocycles. The molecule has 1 unspecified atom stereocenters. The van der Waals surface area contributed by atoms with Crippen LogP contribution in [0.1, 0.15) is 13.3 Å². The predicted molar refractivity (Wildman–Crippen MR) is 69.2 cm³/mol. The first-order valence-electron chi connectivity index (χ1n) is 5.91. The second-order valence-corrected chi connectivity index (χ2v) is 5.04. The van der Waals surface area contributed by atoms with Crippen LogP contribution in [-0.4, -0.2) is 61.3 Å². The minimum absolute atomic E-state index is 0.210. The van der Waals surface area contributed by atoms with Crippen molar-refractivity contribution >= 4 is 17.7 Å². The Balaban J connectivity index is 2.97. The summed E-state index contributed by atoms with van der Waals surface area (Å²) in [6.45, 7) is 2.93. The fourth-order valence-corrected chi connectivity index (χ4v) is 1.98. The van der Waals surface area contributed by atoms with E-state index >= 15 is 0 Å². The maximum absolute atomic E-state index is 12.3. The number of nitrogens with zero attached hydrogens (tertiary/aromatic N) is 2. The molecule has 1 aliphatic heterocycles. The minimum Gasteiger partial charge on any atom is -0.309 e. The average Bonchev–Trinajstić information content (AvgIpc) is 2.27. The second kappa shape index (κ2) is 5.40. The lowest BCUT2D eigenvalue weighted by atomic mass is 10.0. The highest BCUT2D eigenvalue weighted by molar-refractivity contribution is 6.10. The topological polar surface area (TPSA) is 61.2 Å². The summed E-state index contributed by atoms with van der Waals surface area (Å²) in [5.41, 5.74) is 0.741. The molecule has 0 spiro atoms. The fraction of sp³-hybridized carbons (Fsp3) is 0.538. The van der Waals surface area contributed by atoms with Crippen molar-refractivity contribution in [3.63, 3.8) is 0 Å². The molecule has 0 aromatic carbocycles. The molecule has 0 saturated carbocycles. The molecule has 18 heavy (non-hydrogen) atoms. The normalized spacial score (nSPS) is 24.3. The summed E-state index contributed by atoms with van der Waals surface area (Å²) in [4.78, 5) is 26.3. The third-order valence-electron chi connectivity index (χ3n) is 3.22.